The molecule has 1 heterocycles. The van der Waals surface area contributed by atoms with Gasteiger partial charge in [0.2, 0.25) is 5.91 Å². The minimum absolute atomic E-state index is 0.0102. The molecule has 2 saturated carbocycles. The van der Waals surface area contributed by atoms with Gasteiger partial charge in [0, 0.05) is 6.04 Å². The molecule has 126 valence electrons. The van der Waals surface area contributed by atoms with Crippen LogP contribution in [0.25, 0.3) is 0 Å². The van der Waals surface area contributed by atoms with Crippen LogP contribution in [-0.2, 0) is 11.3 Å². The molecular formula is C15H21ClN4O3. The molecule has 2 aliphatic carbocycles. The van der Waals surface area contributed by atoms with Gasteiger partial charge in [-0.25, -0.2) is 0 Å². The van der Waals surface area contributed by atoms with Gasteiger partial charge in [-0.1, -0.05) is 18.0 Å². The topological polar surface area (TPSA) is 90.1 Å². The van der Waals surface area contributed by atoms with Crippen molar-refractivity contribution in [3.63, 3.8) is 0 Å². The molecule has 8 heteroatoms. The number of hydrogen-bond acceptors (Lipinski definition) is 4. The zero-order valence-electron chi connectivity index (χ0n) is 13.3. The standard InChI is InChI=1S/C15H21ClN4O3/c1-8(12-6-10-3-4-11(12)5-10)17-13(21)7-19-9(2)14(16)15(18-19)20(22)23/h8,10-12H,3-7H2,1-2H3,(H,17,21)/t8-,10-,11-,12+/m1/s1. The summed E-state index contributed by atoms with van der Waals surface area (Å²) >= 11 is 5.89. The fourth-order valence-electron chi connectivity index (χ4n) is 4.23. The number of hydrogen-bond donors (Lipinski definition) is 1. The molecule has 0 aromatic carbocycles. The molecule has 0 saturated heterocycles. The maximum atomic E-state index is 12.2. The molecule has 1 amide bonds. The van der Waals surface area contributed by atoms with Gasteiger partial charge in [-0.15, -0.1) is 0 Å². The predicted octanol–water partition coefficient (Wildman–Crippen LogP) is 2.69. The van der Waals surface area contributed by atoms with Gasteiger partial charge < -0.3 is 15.4 Å². The zero-order valence-corrected chi connectivity index (χ0v) is 14.0. The van der Waals surface area contributed by atoms with E-state index in [1.165, 1.54) is 30.4 Å². The van der Waals surface area contributed by atoms with Crippen LogP contribution in [-0.4, -0.2) is 26.7 Å². The first-order chi connectivity index (χ1) is 10.9. The Hall–Kier alpha value is -1.63. The third-order valence-electron chi connectivity index (χ3n) is 5.41. The summed E-state index contributed by atoms with van der Waals surface area (Å²) in [5.41, 5.74) is 0.432. The number of nitro groups is 1. The Morgan fingerprint density at radius 2 is 2.26 bits per heavy atom. The van der Waals surface area contributed by atoms with Crippen molar-refractivity contribution in [3.8, 4) is 0 Å². The summed E-state index contributed by atoms with van der Waals surface area (Å²) in [6.07, 6.45) is 5.10. The van der Waals surface area contributed by atoms with Crippen LogP contribution in [0.4, 0.5) is 5.82 Å². The van der Waals surface area contributed by atoms with Gasteiger partial charge in [0.25, 0.3) is 0 Å². The van der Waals surface area contributed by atoms with Crippen molar-refractivity contribution in [2.24, 2.45) is 17.8 Å². The highest BCUT2D eigenvalue weighted by molar-refractivity contribution is 6.33. The molecule has 0 spiro atoms. The third kappa shape index (κ3) is 3.06. The van der Waals surface area contributed by atoms with Gasteiger partial charge in [0.15, 0.2) is 5.02 Å². The number of halogens is 1. The zero-order chi connectivity index (χ0) is 16.7. The van der Waals surface area contributed by atoms with E-state index in [2.05, 4.69) is 17.3 Å². The summed E-state index contributed by atoms with van der Waals surface area (Å²) in [7, 11) is 0. The van der Waals surface area contributed by atoms with Crippen molar-refractivity contribution in [1.29, 1.82) is 0 Å². The largest absolute Gasteiger partial charge is 0.408 e. The third-order valence-corrected chi connectivity index (χ3v) is 5.85. The van der Waals surface area contributed by atoms with Crippen LogP contribution in [0.15, 0.2) is 0 Å². The molecule has 1 N–H and O–H groups in total. The Labute approximate surface area is 139 Å². The lowest BCUT2D eigenvalue weighted by atomic mass is 9.84. The monoisotopic (exact) mass is 340 g/mol. The Morgan fingerprint density at radius 3 is 2.78 bits per heavy atom. The van der Waals surface area contributed by atoms with Crippen molar-refractivity contribution in [2.45, 2.75) is 52.1 Å². The minimum atomic E-state index is -0.637. The summed E-state index contributed by atoms with van der Waals surface area (Å²) in [4.78, 5) is 22.4. The van der Waals surface area contributed by atoms with Gasteiger partial charge in [0.05, 0.1) is 10.8 Å². The lowest BCUT2D eigenvalue weighted by Gasteiger charge is -2.28. The Morgan fingerprint density at radius 1 is 1.52 bits per heavy atom. The fourth-order valence-corrected chi connectivity index (χ4v) is 4.43. The van der Waals surface area contributed by atoms with Crippen LogP contribution >= 0.6 is 11.6 Å². The smallest absolute Gasteiger partial charge is 0.358 e. The molecule has 4 atom stereocenters. The molecule has 1 aromatic heterocycles. The van der Waals surface area contributed by atoms with Crippen molar-refractivity contribution in [1.82, 2.24) is 15.1 Å². The molecule has 2 fully saturated rings. The molecule has 0 unspecified atom stereocenters. The van der Waals surface area contributed by atoms with E-state index in [4.69, 9.17) is 11.6 Å². The molecule has 7 nitrogen and oxygen atoms in total. The second kappa shape index (κ2) is 6.11. The molecule has 2 bridgehead atoms. The van der Waals surface area contributed by atoms with E-state index in [1.807, 2.05) is 0 Å². The van der Waals surface area contributed by atoms with Crippen LogP contribution in [0.2, 0.25) is 5.02 Å². The second-order valence-corrected chi connectivity index (χ2v) is 7.21. The number of fused-ring (bicyclic) bond motifs is 2. The first kappa shape index (κ1) is 16.2. The second-order valence-electron chi connectivity index (χ2n) is 6.83. The average Bonchev–Trinajstić information content (AvgIpc) is 3.17. The molecular weight excluding hydrogens is 320 g/mol. The highest BCUT2D eigenvalue weighted by Gasteiger charge is 2.42. The fraction of sp³-hybridized carbons (Fsp3) is 0.733. The van der Waals surface area contributed by atoms with Crippen LogP contribution in [0.3, 0.4) is 0 Å². The number of nitrogens with one attached hydrogen (secondary N) is 1. The highest BCUT2D eigenvalue weighted by atomic mass is 35.5. The number of nitrogens with zero attached hydrogens (tertiary/aromatic N) is 3. The average molecular weight is 341 g/mol. The maximum Gasteiger partial charge on any atom is 0.408 e. The molecule has 0 radical (unpaired) electrons. The number of amides is 1. The van der Waals surface area contributed by atoms with Crippen LogP contribution in [0.1, 0.15) is 38.3 Å². The number of rotatable bonds is 5. The summed E-state index contributed by atoms with van der Waals surface area (Å²) in [6, 6.07) is 0.124. The number of aromatic nitrogens is 2. The van der Waals surface area contributed by atoms with Crippen molar-refractivity contribution in [2.75, 3.05) is 0 Å². The number of carbonyl (C=O) groups excluding carboxylic acids is 1. The van der Waals surface area contributed by atoms with E-state index >= 15 is 0 Å². The quantitative estimate of drug-likeness (QED) is 0.659. The van der Waals surface area contributed by atoms with Crippen molar-refractivity contribution in [3.05, 3.63) is 20.8 Å². The van der Waals surface area contributed by atoms with E-state index < -0.39 is 10.7 Å². The van der Waals surface area contributed by atoms with E-state index in [0.717, 1.165) is 11.8 Å². The SMILES string of the molecule is Cc1c(Cl)c([N+](=O)[O-])nn1CC(=O)N[C@H](C)[C@@H]1C[C@@H]2CC[C@@H]1C2. The lowest BCUT2D eigenvalue weighted by Crippen LogP contribution is -2.41. The molecule has 0 aliphatic heterocycles. The lowest BCUT2D eigenvalue weighted by molar-refractivity contribution is -0.389. The summed E-state index contributed by atoms with van der Waals surface area (Å²) in [5, 5.41) is 17.7. The summed E-state index contributed by atoms with van der Waals surface area (Å²) in [6.45, 7) is 3.62. The highest BCUT2D eigenvalue weighted by Crippen LogP contribution is 2.49. The van der Waals surface area contributed by atoms with Crippen molar-refractivity contribution < 1.29 is 9.72 Å². The van der Waals surface area contributed by atoms with Gasteiger partial charge in [-0.05, 0) is 55.8 Å². The van der Waals surface area contributed by atoms with Crippen LogP contribution in [0, 0.1) is 34.8 Å². The van der Waals surface area contributed by atoms with Gasteiger partial charge in [-0.2, -0.15) is 4.68 Å². The minimum Gasteiger partial charge on any atom is -0.358 e. The predicted molar refractivity (Wildman–Crippen MR) is 85.2 cm³/mol. The first-order valence-corrected chi connectivity index (χ1v) is 8.41. The normalized spacial score (nSPS) is 27.2. The summed E-state index contributed by atoms with van der Waals surface area (Å²) in [5.74, 6) is 1.53. The first-order valence-electron chi connectivity index (χ1n) is 8.03. The van der Waals surface area contributed by atoms with Crippen LogP contribution in [0.5, 0.6) is 0 Å². The Bertz CT molecular complexity index is 645. The summed E-state index contributed by atoms with van der Waals surface area (Å²) < 4.78 is 1.29. The van der Waals surface area contributed by atoms with Gasteiger partial charge in [0.1, 0.15) is 6.54 Å². The van der Waals surface area contributed by atoms with Crippen LogP contribution < -0.4 is 5.32 Å². The maximum absolute atomic E-state index is 12.2. The Balaban J connectivity index is 1.61. The Kier molecular flexibility index (Phi) is 4.31. The van der Waals surface area contributed by atoms with Crippen molar-refractivity contribution >= 4 is 23.3 Å². The molecule has 2 aliphatic rings. The van der Waals surface area contributed by atoms with E-state index in [0.29, 0.717) is 11.6 Å². The van der Waals surface area contributed by atoms with E-state index in [-0.39, 0.29) is 23.5 Å². The molecule has 23 heavy (non-hydrogen) atoms. The van der Waals surface area contributed by atoms with E-state index in [9.17, 15) is 14.9 Å². The molecule has 3 rings (SSSR count). The van der Waals surface area contributed by atoms with Gasteiger partial charge >= 0.3 is 5.82 Å². The number of carbonyl (C=O) groups is 1. The van der Waals surface area contributed by atoms with Gasteiger partial charge in [-0.3, -0.25) is 4.79 Å². The molecule has 1 aromatic rings. The van der Waals surface area contributed by atoms with E-state index in [1.54, 1.807) is 6.92 Å².